The predicted molar refractivity (Wildman–Crippen MR) is 83.6 cm³/mol. The van der Waals surface area contributed by atoms with Crippen LogP contribution in [0.2, 0.25) is 0 Å². The zero-order valence-electron chi connectivity index (χ0n) is 12.6. The van der Waals surface area contributed by atoms with Gasteiger partial charge in [-0.15, -0.1) is 0 Å². The van der Waals surface area contributed by atoms with E-state index >= 15 is 0 Å². The Morgan fingerprint density at radius 1 is 1.30 bits per heavy atom. The van der Waals surface area contributed by atoms with Crippen molar-refractivity contribution in [1.82, 2.24) is 4.90 Å². The summed E-state index contributed by atoms with van der Waals surface area (Å²) in [6, 6.07) is 9.68. The van der Waals surface area contributed by atoms with Crippen LogP contribution in [0.15, 0.2) is 52.0 Å². The third-order valence-corrected chi connectivity index (χ3v) is 3.83. The molecule has 0 saturated carbocycles. The molecule has 0 spiro atoms. The lowest BCUT2D eigenvalue weighted by atomic mass is 10.2. The molecule has 0 fully saturated rings. The molecule has 4 nitrogen and oxygen atoms in total. The first kappa shape index (κ1) is 17.5. The zero-order chi connectivity index (χ0) is 16.7. The molecular formula is C16H17F2NO3S. The molecule has 1 aromatic carbocycles. The largest absolute Gasteiger partial charge is 0.467 e. The van der Waals surface area contributed by atoms with Crippen LogP contribution in [0.1, 0.15) is 16.1 Å². The van der Waals surface area contributed by atoms with Crippen molar-refractivity contribution in [3.05, 3.63) is 54.0 Å². The second-order valence-corrected chi connectivity index (χ2v) is 5.77. The lowest BCUT2D eigenvalue weighted by Gasteiger charge is -2.21. The Morgan fingerprint density at radius 3 is 2.61 bits per heavy atom. The highest BCUT2D eigenvalue weighted by molar-refractivity contribution is 7.99. The number of methoxy groups -OCH3 is 1. The summed E-state index contributed by atoms with van der Waals surface area (Å²) in [5, 5.41) is 0. The number of rotatable bonds is 8. The number of thioether (sulfide) groups is 1. The third-order valence-electron chi connectivity index (χ3n) is 3.11. The van der Waals surface area contributed by atoms with Crippen molar-refractivity contribution in [1.29, 1.82) is 0 Å². The SMILES string of the molecule is COCCN(Cc1ccco1)C(=O)c1ccc(SC(F)F)cc1. The van der Waals surface area contributed by atoms with E-state index in [1.54, 1.807) is 42.5 Å². The fraction of sp³-hybridized carbons (Fsp3) is 0.312. The number of carbonyl (C=O) groups excluding carboxylic acids is 1. The maximum absolute atomic E-state index is 12.6. The Balaban J connectivity index is 2.09. The van der Waals surface area contributed by atoms with E-state index in [4.69, 9.17) is 9.15 Å². The minimum absolute atomic E-state index is 0.202. The van der Waals surface area contributed by atoms with Crippen LogP contribution in [-0.4, -0.2) is 36.8 Å². The summed E-state index contributed by atoms with van der Waals surface area (Å²) in [5.74, 6) is -2.01. The van der Waals surface area contributed by atoms with E-state index in [0.29, 0.717) is 47.7 Å². The Hall–Kier alpha value is -1.86. The van der Waals surface area contributed by atoms with Crippen LogP contribution in [0.4, 0.5) is 8.78 Å². The zero-order valence-corrected chi connectivity index (χ0v) is 13.4. The molecule has 0 bridgehead atoms. The van der Waals surface area contributed by atoms with Gasteiger partial charge in [0.25, 0.3) is 11.7 Å². The van der Waals surface area contributed by atoms with Gasteiger partial charge in [0.15, 0.2) is 0 Å². The summed E-state index contributed by atoms with van der Waals surface area (Å²) >= 11 is 0.452. The monoisotopic (exact) mass is 341 g/mol. The van der Waals surface area contributed by atoms with Crippen molar-refractivity contribution in [2.75, 3.05) is 20.3 Å². The number of nitrogens with zero attached hydrogens (tertiary/aromatic N) is 1. The molecule has 0 radical (unpaired) electrons. The maximum Gasteiger partial charge on any atom is 0.288 e. The molecule has 2 aromatic rings. The summed E-state index contributed by atoms with van der Waals surface area (Å²) in [7, 11) is 1.56. The third kappa shape index (κ3) is 5.37. The van der Waals surface area contributed by atoms with Gasteiger partial charge in [-0.1, -0.05) is 11.8 Å². The highest BCUT2D eigenvalue weighted by atomic mass is 32.2. The number of alkyl halides is 2. The minimum Gasteiger partial charge on any atom is -0.467 e. The molecule has 0 aliphatic rings. The molecule has 124 valence electrons. The van der Waals surface area contributed by atoms with E-state index in [2.05, 4.69) is 0 Å². The minimum atomic E-state index is -2.48. The van der Waals surface area contributed by atoms with Gasteiger partial charge in [0.1, 0.15) is 5.76 Å². The van der Waals surface area contributed by atoms with Gasteiger partial charge in [-0.05, 0) is 36.4 Å². The Bertz CT molecular complexity index is 602. The van der Waals surface area contributed by atoms with E-state index in [9.17, 15) is 13.6 Å². The summed E-state index contributed by atoms with van der Waals surface area (Å²) in [6.45, 7) is 1.12. The van der Waals surface area contributed by atoms with E-state index in [1.165, 1.54) is 12.1 Å². The average molecular weight is 341 g/mol. The Kier molecular flexibility index (Phi) is 6.61. The molecule has 1 heterocycles. The van der Waals surface area contributed by atoms with E-state index in [-0.39, 0.29) is 5.91 Å². The molecule has 1 aromatic heterocycles. The second-order valence-electron chi connectivity index (χ2n) is 4.70. The van der Waals surface area contributed by atoms with Crippen LogP contribution in [0.3, 0.4) is 0 Å². The van der Waals surface area contributed by atoms with Crippen molar-refractivity contribution in [3.8, 4) is 0 Å². The predicted octanol–water partition coefficient (Wildman–Crippen LogP) is 3.88. The first-order valence-electron chi connectivity index (χ1n) is 6.95. The highest BCUT2D eigenvalue weighted by Crippen LogP contribution is 2.25. The summed E-state index contributed by atoms with van der Waals surface area (Å²) < 4.78 is 34.9. The van der Waals surface area contributed by atoms with Crippen LogP contribution in [0.25, 0.3) is 0 Å². The maximum atomic E-state index is 12.6. The van der Waals surface area contributed by atoms with Gasteiger partial charge in [-0.25, -0.2) is 0 Å². The van der Waals surface area contributed by atoms with Gasteiger partial charge < -0.3 is 14.1 Å². The molecule has 7 heteroatoms. The Morgan fingerprint density at radius 2 is 2.04 bits per heavy atom. The van der Waals surface area contributed by atoms with Crippen molar-refractivity contribution in [2.24, 2.45) is 0 Å². The van der Waals surface area contributed by atoms with Gasteiger partial charge in [0, 0.05) is 24.1 Å². The standard InChI is InChI=1S/C16H17F2NO3S/c1-21-10-8-19(11-13-3-2-9-22-13)15(20)12-4-6-14(7-5-12)23-16(17)18/h2-7,9,16H,8,10-11H2,1H3. The number of hydrogen-bond acceptors (Lipinski definition) is 4. The molecular weight excluding hydrogens is 324 g/mol. The molecule has 0 aliphatic carbocycles. The van der Waals surface area contributed by atoms with Crippen LogP contribution in [0, 0.1) is 0 Å². The van der Waals surface area contributed by atoms with Crippen molar-refractivity contribution >= 4 is 17.7 Å². The topological polar surface area (TPSA) is 42.7 Å². The smallest absolute Gasteiger partial charge is 0.288 e. The van der Waals surface area contributed by atoms with Crippen molar-refractivity contribution in [2.45, 2.75) is 17.2 Å². The van der Waals surface area contributed by atoms with E-state index < -0.39 is 5.76 Å². The van der Waals surface area contributed by atoms with Gasteiger partial charge in [0.05, 0.1) is 19.4 Å². The normalized spacial score (nSPS) is 11.0. The first-order valence-corrected chi connectivity index (χ1v) is 7.83. The number of halogens is 2. The van der Waals surface area contributed by atoms with Gasteiger partial charge in [0.2, 0.25) is 0 Å². The first-order chi connectivity index (χ1) is 11.1. The van der Waals surface area contributed by atoms with Crippen molar-refractivity contribution < 1.29 is 22.7 Å². The van der Waals surface area contributed by atoms with Gasteiger partial charge >= 0.3 is 0 Å². The van der Waals surface area contributed by atoms with Gasteiger partial charge in [-0.2, -0.15) is 8.78 Å². The summed E-state index contributed by atoms with van der Waals surface area (Å²) in [5.41, 5.74) is 0.436. The fourth-order valence-electron chi connectivity index (χ4n) is 2.01. The number of furan rings is 1. The molecule has 0 unspecified atom stereocenters. The number of ether oxygens (including phenoxy) is 1. The van der Waals surface area contributed by atoms with E-state index in [1.807, 2.05) is 0 Å². The molecule has 0 saturated heterocycles. The van der Waals surface area contributed by atoms with Crippen LogP contribution in [-0.2, 0) is 11.3 Å². The van der Waals surface area contributed by atoms with Crippen LogP contribution < -0.4 is 0 Å². The Labute approximate surface area is 137 Å². The molecule has 0 N–H and O–H groups in total. The summed E-state index contributed by atoms with van der Waals surface area (Å²) in [4.78, 5) is 14.6. The lowest BCUT2D eigenvalue weighted by molar-refractivity contribution is 0.0666. The van der Waals surface area contributed by atoms with Crippen LogP contribution in [0.5, 0.6) is 0 Å². The number of amides is 1. The number of carbonyl (C=O) groups is 1. The van der Waals surface area contributed by atoms with Gasteiger partial charge in [-0.3, -0.25) is 4.79 Å². The quantitative estimate of drug-likeness (QED) is 0.683. The fourth-order valence-corrected chi connectivity index (χ4v) is 2.51. The molecule has 2 rings (SSSR count). The average Bonchev–Trinajstić information content (AvgIpc) is 3.04. The molecule has 1 amide bonds. The molecule has 23 heavy (non-hydrogen) atoms. The second kappa shape index (κ2) is 8.69. The summed E-state index contributed by atoms with van der Waals surface area (Å²) in [6.07, 6.45) is 1.55. The van der Waals surface area contributed by atoms with E-state index in [0.717, 1.165) is 0 Å². The molecule has 0 atom stereocenters. The number of benzene rings is 1. The lowest BCUT2D eigenvalue weighted by Crippen LogP contribution is -2.33. The van der Waals surface area contributed by atoms with Crippen molar-refractivity contribution in [3.63, 3.8) is 0 Å². The molecule has 0 aliphatic heterocycles. The van der Waals surface area contributed by atoms with Crippen LogP contribution >= 0.6 is 11.8 Å². The number of hydrogen-bond donors (Lipinski definition) is 0. The highest BCUT2D eigenvalue weighted by Gasteiger charge is 2.17.